The van der Waals surface area contributed by atoms with Crippen LogP contribution >= 0.6 is 11.6 Å². The number of carbonyl (C=O) groups excluding carboxylic acids is 2. The summed E-state index contributed by atoms with van der Waals surface area (Å²) in [4.78, 5) is 25.9. The Labute approximate surface area is 195 Å². The second kappa shape index (κ2) is 8.30. The molecule has 5 rings (SSSR count). The molecule has 170 valence electrons. The standard InChI is InChI=1S/C25H24ClFN4O2/c1-31-24(28)22(25(33)29-16-7-8-19(27)18(26)12-16)23(30-31)15-9-14-11-20(32)21(17(14)10-15)13-5-3-2-4-6-13/h2-8,12,14-15,17,21H,9-11,28H2,1H3,(H,29,33)/t14?,15-,17?,21+/m1/s1. The molecule has 2 unspecified atom stereocenters. The number of halogens is 2. The predicted molar refractivity (Wildman–Crippen MR) is 125 cm³/mol. The third-order valence-corrected chi connectivity index (χ3v) is 7.35. The number of hydrogen-bond donors (Lipinski definition) is 2. The zero-order valence-corrected chi connectivity index (χ0v) is 18.8. The Kier molecular flexibility index (Phi) is 5.44. The minimum Gasteiger partial charge on any atom is -0.383 e. The molecule has 8 heteroatoms. The normalized spacial score (nSPS) is 24.2. The lowest BCUT2D eigenvalue weighted by molar-refractivity contribution is -0.119. The molecule has 2 fully saturated rings. The topological polar surface area (TPSA) is 90.0 Å². The average Bonchev–Trinajstić information content (AvgIpc) is 3.41. The molecule has 2 aliphatic rings. The zero-order chi connectivity index (χ0) is 23.3. The van der Waals surface area contributed by atoms with Crippen LogP contribution in [0.2, 0.25) is 5.02 Å². The summed E-state index contributed by atoms with van der Waals surface area (Å²) in [6.07, 6.45) is 2.12. The Hall–Kier alpha value is -3.19. The third kappa shape index (κ3) is 3.80. The van der Waals surface area contributed by atoms with E-state index in [2.05, 4.69) is 10.4 Å². The first-order chi connectivity index (χ1) is 15.8. The molecule has 1 aromatic heterocycles. The van der Waals surface area contributed by atoms with Crippen molar-refractivity contribution in [2.75, 3.05) is 11.1 Å². The van der Waals surface area contributed by atoms with Gasteiger partial charge in [-0.15, -0.1) is 0 Å². The van der Waals surface area contributed by atoms with Crippen LogP contribution in [0.1, 0.15) is 52.7 Å². The summed E-state index contributed by atoms with van der Waals surface area (Å²) >= 11 is 5.85. The second-order valence-corrected chi connectivity index (χ2v) is 9.41. The van der Waals surface area contributed by atoms with Crippen molar-refractivity contribution in [1.29, 1.82) is 0 Å². The van der Waals surface area contributed by atoms with Gasteiger partial charge in [0, 0.05) is 31.0 Å². The minimum atomic E-state index is -0.559. The van der Waals surface area contributed by atoms with Gasteiger partial charge in [-0.25, -0.2) is 4.39 Å². The summed E-state index contributed by atoms with van der Waals surface area (Å²) in [6.45, 7) is 0. The predicted octanol–water partition coefficient (Wildman–Crippen LogP) is 4.91. The minimum absolute atomic E-state index is 0.0281. The molecule has 33 heavy (non-hydrogen) atoms. The number of ketones is 1. The summed E-state index contributed by atoms with van der Waals surface area (Å²) in [7, 11) is 1.70. The largest absolute Gasteiger partial charge is 0.383 e. The highest BCUT2D eigenvalue weighted by molar-refractivity contribution is 6.31. The highest BCUT2D eigenvalue weighted by Gasteiger charge is 2.49. The first-order valence-electron chi connectivity index (χ1n) is 11.0. The van der Waals surface area contributed by atoms with Gasteiger partial charge in [0.15, 0.2) is 0 Å². The molecule has 2 saturated carbocycles. The molecule has 6 nitrogen and oxygen atoms in total. The number of anilines is 2. The van der Waals surface area contributed by atoms with E-state index in [9.17, 15) is 14.0 Å². The van der Waals surface area contributed by atoms with Crippen LogP contribution < -0.4 is 11.1 Å². The molecule has 2 aliphatic carbocycles. The Balaban J connectivity index is 1.42. The highest BCUT2D eigenvalue weighted by atomic mass is 35.5. The Morgan fingerprint density at radius 2 is 1.97 bits per heavy atom. The van der Waals surface area contributed by atoms with E-state index in [0.29, 0.717) is 29.1 Å². The fourth-order valence-electron chi connectivity index (χ4n) is 5.59. The summed E-state index contributed by atoms with van der Waals surface area (Å²) in [6, 6.07) is 13.9. The lowest BCUT2D eigenvalue weighted by Crippen LogP contribution is -2.17. The van der Waals surface area contributed by atoms with Crippen molar-refractivity contribution >= 4 is 34.8 Å². The molecule has 0 radical (unpaired) electrons. The van der Waals surface area contributed by atoms with Gasteiger partial charge >= 0.3 is 0 Å². The molecule has 3 aromatic rings. The van der Waals surface area contributed by atoms with E-state index >= 15 is 0 Å². The van der Waals surface area contributed by atoms with E-state index in [4.69, 9.17) is 17.3 Å². The SMILES string of the molecule is Cn1nc([C@@H]2CC3CC(=O)[C@@H](c4ccccc4)C3C2)c(C(=O)Nc2ccc(F)c(Cl)c2)c1N. The van der Waals surface area contributed by atoms with E-state index < -0.39 is 11.7 Å². The van der Waals surface area contributed by atoms with Crippen molar-refractivity contribution in [2.24, 2.45) is 18.9 Å². The number of aromatic nitrogens is 2. The maximum Gasteiger partial charge on any atom is 0.261 e. The summed E-state index contributed by atoms with van der Waals surface area (Å²) in [5.74, 6) is -0.00367. The summed E-state index contributed by atoms with van der Waals surface area (Å²) in [5, 5.41) is 7.27. The Morgan fingerprint density at radius 1 is 1.21 bits per heavy atom. The maximum atomic E-state index is 13.5. The van der Waals surface area contributed by atoms with Gasteiger partial charge in [0.1, 0.15) is 23.0 Å². The molecule has 0 saturated heterocycles. The molecule has 2 aromatic carbocycles. The van der Waals surface area contributed by atoms with E-state index in [1.165, 1.54) is 22.9 Å². The Morgan fingerprint density at radius 3 is 2.70 bits per heavy atom. The smallest absolute Gasteiger partial charge is 0.261 e. The number of carbonyl (C=O) groups is 2. The van der Waals surface area contributed by atoms with Crippen molar-refractivity contribution in [2.45, 2.75) is 31.1 Å². The number of nitrogen functional groups attached to an aromatic ring is 1. The van der Waals surface area contributed by atoms with Crippen molar-refractivity contribution in [1.82, 2.24) is 9.78 Å². The van der Waals surface area contributed by atoms with E-state index in [0.717, 1.165) is 18.4 Å². The number of benzene rings is 2. The van der Waals surface area contributed by atoms with Crippen LogP contribution in [0.15, 0.2) is 48.5 Å². The van der Waals surface area contributed by atoms with Crippen LogP contribution in [-0.4, -0.2) is 21.5 Å². The summed E-state index contributed by atoms with van der Waals surface area (Å²) < 4.78 is 15.0. The van der Waals surface area contributed by atoms with Crippen LogP contribution in [0.5, 0.6) is 0 Å². The molecular formula is C25H24ClFN4O2. The third-order valence-electron chi connectivity index (χ3n) is 7.06. The van der Waals surface area contributed by atoms with Gasteiger partial charge in [-0.2, -0.15) is 5.10 Å². The molecule has 1 amide bonds. The van der Waals surface area contributed by atoms with E-state index in [1.54, 1.807) is 7.05 Å². The van der Waals surface area contributed by atoms with Crippen molar-refractivity contribution in [3.05, 3.63) is 76.2 Å². The molecule has 0 spiro atoms. The number of aryl methyl sites for hydroxylation is 1. The summed E-state index contributed by atoms with van der Waals surface area (Å²) in [5.41, 5.74) is 8.64. The average molecular weight is 467 g/mol. The number of nitrogens with zero attached hydrogens (tertiary/aromatic N) is 2. The van der Waals surface area contributed by atoms with Gasteiger partial charge in [0.2, 0.25) is 0 Å². The molecule has 3 N–H and O–H groups in total. The molecule has 0 bridgehead atoms. The van der Waals surface area contributed by atoms with Gasteiger partial charge in [0.05, 0.1) is 10.7 Å². The number of amides is 1. The van der Waals surface area contributed by atoms with Gasteiger partial charge in [-0.05, 0) is 48.4 Å². The van der Waals surface area contributed by atoms with E-state index in [1.807, 2.05) is 30.3 Å². The fourth-order valence-corrected chi connectivity index (χ4v) is 5.77. The van der Waals surface area contributed by atoms with Crippen LogP contribution in [-0.2, 0) is 11.8 Å². The fraction of sp³-hybridized carbons (Fsp3) is 0.320. The van der Waals surface area contributed by atoms with Crippen molar-refractivity contribution in [3.63, 3.8) is 0 Å². The second-order valence-electron chi connectivity index (χ2n) is 9.00. The van der Waals surface area contributed by atoms with Gasteiger partial charge in [-0.3, -0.25) is 14.3 Å². The van der Waals surface area contributed by atoms with Crippen LogP contribution in [0, 0.1) is 17.7 Å². The van der Waals surface area contributed by atoms with E-state index in [-0.39, 0.29) is 34.5 Å². The number of fused-ring (bicyclic) bond motifs is 1. The maximum absolute atomic E-state index is 13.5. The number of Topliss-reactive ketones (excluding diaryl/α,β-unsaturated/α-hetero) is 1. The highest BCUT2D eigenvalue weighted by Crippen LogP contribution is 2.55. The van der Waals surface area contributed by atoms with Crippen LogP contribution in [0.3, 0.4) is 0 Å². The number of hydrogen-bond acceptors (Lipinski definition) is 4. The first kappa shape index (κ1) is 21.6. The number of nitrogens with two attached hydrogens (primary N) is 1. The van der Waals surface area contributed by atoms with Crippen molar-refractivity contribution in [3.8, 4) is 0 Å². The quantitative estimate of drug-likeness (QED) is 0.571. The lowest BCUT2D eigenvalue weighted by Gasteiger charge is -2.18. The molecule has 1 heterocycles. The molecular weight excluding hydrogens is 443 g/mol. The monoisotopic (exact) mass is 466 g/mol. The van der Waals surface area contributed by atoms with Crippen molar-refractivity contribution < 1.29 is 14.0 Å². The first-order valence-corrected chi connectivity index (χ1v) is 11.4. The zero-order valence-electron chi connectivity index (χ0n) is 18.1. The Bertz CT molecular complexity index is 1240. The van der Waals surface area contributed by atoms with Crippen LogP contribution in [0.4, 0.5) is 15.9 Å². The number of rotatable bonds is 4. The lowest BCUT2D eigenvalue weighted by atomic mass is 9.85. The van der Waals surface area contributed by atoms with Gasteiger partial charge in [0.25, 0.3) is 5.91 Å². The van der Waals surface area contributed by atoms with Gasteiger partial charge < -0.3 is 11.1 Å². The number of nitrogens with one attached hydrogen (secondary N) is 1. The van der Waals surface area contributed by atoms with Gasteiger partial charge in [-0.1, -0.05) is 41.9 Å². The molecule has 0 aliphatic heterocycles. The van der Waals surface area contributed by atoms with Crippen LogP contribution in [0.25, 0.3) is 0 Å². The molecule has 4 atom stereocenters.